The van der Waals surface area contributed by atoms with Crippen molar-refractivity contribution in [1.82, 2.24) is 5.32 Å². The molecule has 0 saturated carbocycles. The summed E-state index contributed by atoms with van der Waals surface area (Å²) < 4.78 is 0. The number of aliphatic hydroxyl groups is 1. The first-order valence-corrected chi connectivity index (χ1v) is 4.10. The molecule has 0 radical (unpaired) electrons. The monoisotopic (exact) mass is 196 g/mol. The van der Waals surface area contributed by atoms with Crippen molar-refractivity contribution >= 4 is 11.8 Å². The quantitative estimate of drug-likeness (QED) is 0.531. The minimum atomic E-state index is -1.15. The summed E-state index contributed by atoms with van der Waals surface area (Å²) in [6, 6.07) is 6.62. The van der Waals surface area contributed by atoms with Crippen molar-refractivity contribution in [2.45, 2.75) is 6.10 Å². The summed E-state index contributed by atoms with van der Waals surface area (Å²) in [5.74, 6) is 0. The van der Waals surface area contributed by atoms with Crippen molar-refractivity contribution < 1.29 is 15.0 Å². The fraction of sp³-hybridized carbons (Fsp3) is 0.222. The lowest BCUT2D eigenvalue weighted by atomic mass is 10.1. The summed E-state index contributed by atoms with van der Waals surface area (Å²) in [5, 5.41) is 19.9. The number of benzene rings is 1. The fourth-order valence-electron chi connectivity index (χ4n) is 1.02. The van der Waals surface area contributed by atoms with Gasteiger partial charge in [0.2, 0.25) is 0 Å². The van der Waals surface area contributed by atoms with Crippen LogP contribution in [0.25, 0.3) is 0 Å². The van der Waals surface area contributed by atoms with Gasteiger partial charge in [0, 0.05) is 5.69 Å². The standard InChI is InChI=1S/C9H12N2O3/c10-7-3-1-6(2-4-7)8(12)5-11-9(13)14/h1-4,8,11-12H,5,10H2,(H,13,14)/t8-/m1/s1. The van der Waals surface area contributed by atoms with E-state index in [-0.39, 0.29) is 6.54 Å². The highest BCUT2D eigenvalue weighted by atomic mass is 16.4. The predicted octanol–water partition coefficient (Wildman–Crippen LogP) is 0.570. The molecule has 1 atom stereocenters. The summed E-state index contributed by atoms with van der Waals surface area (Å²) in [6.07, 6.45) is -1.99. The smallest absolute Gasteiger partial charge is 0.404 e. The molecular formula is C9H12N2O3. The number of carboxylic acid groups (broad SMARTS) is 1. The van der Waals surface area contributed by atoms with Crippen LogP contribution in [-0.2, 0) is 0 Å². The minimum Gasteiger partial charge on any atom is -0.465 e. The Morgan fingerprint density at radius 3 is 2.50 bits per heavy atom. The Balaban J connectivity index is 2.56. The third-order valence-electron chi connectivity index (χ3n) is 1.77. The van der Waals surface area contributed by atoms with Crippen molar-refractivity contribution in [1.29, 1.82) is 0 Å². The summed E-state index contributed by atoms with van der Waals surface area (Å²) in [4.78, 5) is 10.1. The molecule has 0 bridgehead atoms. The van der Waals surface area contributed by atoms with Crippen molar-refractivity contribution in [3.05, 3.63) is 29.8 Å². The summed E-state index contributed by atoms with van der Waals surface area (Å²) >= 11 is 0. The molecule has 0 spiro atoms. The number of amides is 1. The van der Waals surface area contributed by atoms with Crippen LogP contribution in [0.2, 0.25) is 0 Å². The molecule has 1 amide bonds. The van der Waals surface area contributed by atoms with Crippen molar-refractivity contribution in [3.63, 3.8) is 0 Å². The molecule has 0 aliphatic heterocycles. The van der Waals surface area contributed by atoms with Gasteiger partial charge in [-0.3, -0.25) is 0 Å². The zero-order valence-corrected chi connectivity index (χ0v) is 7.47. The lowest BCUT2D eigenvalue weighted by Gasteiger charge is -2.10. The second kappa shape index (κ2) is 4.48. The Labute approximate surface area is 81.2 Å². The predicted molar refractivity (Wildman–Crippen MR) is 51.8 cm³/mol. The molecule has 5 N–H and O–H groups in total. The SMILES string of the molecule is Nc1ccc([C@H](O)CNC(=O)O)cc1. The highest BCUT2D eigenvalue weighted by Gasteiger charge is 2.07. The Morgan fingerprint density at radius 1 is 1.43 bits per heavy atom. The maximum Gasteiger partial charge on any atom is 0.404 e. The number of aliphatic hydroxyl groups excluding tert-OH is 1. The number of hydrogen-bond acceptors (Lipinski definition) is 3. The molecule has 0 aliphatic carbocycles. The van der Waals surface area contributed by atoms with Gasteiger partial charge in [0.25, 0.3) is 0 Å². The van der Waals surface area contributed by atoms with Gasteiger partial charge in [0.1, 0.15) is 0 Å². The van der Waals surface area contributed by atoms with Crippen LogP contribution in [0.1, 0.15) is 11.7 Å². The molecule has 0 heterocycles. The second-order valence-electron chi connectivity index (χ2n) is 2.87. The van der Waals surface area contributed by atoms with Crippen LogP contribution in [-0.4, -0.2) is 22.9 Å². The first-order chi connectivity index (χ1) is 6.59. The molecule has 1 aromatic carbocycles. The van der Waals surface area contributed by atoms with E-state index in [9.17, 15) is 9.90 Å². The zero-order valence-electron chi connectivity index (χ0n) is 7.47. The van der Waals surface area contributed by atoms with Gasteiger partial charge < -0.3 is 21.3 Å². The molecule has 0 unspecified atom stereocenters. The summed E-state index contributed by atoms with van der Waals surface area (Å²) in [5.41, 5.74) is 6.69. The average molecular weight is 196 g/mol. The van der Waals surface area contributed by atoms with Crippen LogP contribution in [0.5, 0.6) is 0 Å². The van der Waals surface area contributed by atoms with Gasteiger partial charge in [-0.05, 0) is 17.7 Å². The third-order valence-corrected chi connectivity index (χ3v) is 1.77. The van der Waals surface area contributed by atoms with E-state index in [4.69, 9.17) is 10.8 Å². The van der Waals surface area contributed by atoms with Crippen LogP contribution in [0.4, 0.5) is 10.5 Å². The Kier molecular flexibility index (Phi) is 3.30. The van der Waals surface area contributed by atoms with Crippen LogP contribution in [0.15, 0.2) is 24.3 Å². The van der Waals surface area contributed by atoms with E-state index in [2.05, 4.69) is 5.32 Å². The van der Waals surface area contributed by atoms with Crippen molar-refractivity contribution in [2.75, 3.05) is 12.3 Å². The minimum absolute atomic E-state index is 0.0285. The first-order valence-electron chi connectivity index (χ1n) is 4.10. The molecule has 76 valence electrons. The second-order valence-corrected chi connectivity index (χ2v) is 2.87. The highest BCUT2D eigenvalue weighted by Crippen LogP contribution is 2.13. The van der Waals surface area contributed by atoms with Gasteiger partial charge in [0.05, 0.1) is 12.6 Å². The van der Waals surface area contributed by atoms with E-state index in [0.29, 0.717) is 11.3 Å². The maximum absolute atomic E-state index is 10.1. The Bertz CT molecular complexity index is 310. The zero-order chi connectivity index (χ0) is 10.6. The van der Waals surface area contributed by atoms with E-state index in [1.54, 1.807) is 24.3 Å². The van der Waals surface area contributed by atoms with E-state index in [0.717, 1.165) is 0 Å². The summed E-state index contributed by atoms with van der Waals surface area (Å²) in [7, 11) is 0. The van der Waals surface area contributed by atoms with Gasteiger partial charge in [-0.2, -0.15) is 0 Å². The van der Waals surface area contributed by atoms with Gasteiger partial charge in [-0.25, -0.2) is 4.79 Å². The number of nitrogen functional groups attached to an aromatic ring is 1. The van der Waals surface area contributed by atoms with Gasteiger partial charge in [-0.15, -0.1) is 0 Å². The van der Waals surface area contributed by atoms with Gasteiger partial charge in [-0.1, -0.05) is 12.1 Å². The Hall–Kier alpha value is -1.75. The molecule has 1 rings (SSSR count). The molecule has 5 nitrogen and oxygen atoms in total. The van der Waals surface area contributed by atoms with Crippen molar-refractivity contribution in [2.24, 2.45) is 0 Å². The molecule has 14 heavy (non-hydrogen) atoms. The molecular weight excluding hydrogens is 184 g/mol. The fourth-order valence-corrected chi connectivity index (χ4v) is 1.02. The highest BCUT2D eigenvalue weighted by molar-refractivity contribution is 5.64. The van der Waals surface area contributed by atoms with Gasteiger partial charge >= 0.3 is 6.09 Å². The lowest BCUT2D eigenvalue weighted by molar-refractivity contribution is 0.159. The van der Waals surface area contributed by atoms with E-state index < -0.39 is 12.2 Å². The number of hydrogen-bond donors (Lipinski definition) is 4. The molecule has 0 saturated heterocycles. The Morgan fingerprint density at radius 2 is 2.00 bits per heavy atom. The van der Waals surface area contributed by atoms with Crippen LogP contribution < -0.4 is 11.1 Å². The molecule has 5 heteroatoms. The topological polar surface area (TPSA) is 95.6 Å². The molecule has 0 aliphatic rings. The van der Waals surface area contributed by atoms with Crippen LogP contribution in [0, 0.1) is 0 Å². The number of carbonyl (C=O) groups is 1. The number of anilines is 1. The number of nitrogens with two attached hydrogens (primary N) is 1. The van der Waals surface area contributed by atoms with Crippen LogP contribution in [0.3, 0.4) is 0 Å². The number of nitrogens with one attached hydrogen (secondary N) is 1. The maximum atomic E-state index is 10.1. The van der Waals surface area contributed by atoms with Crippen molar-refractivity contribution in [3.8, 4) is 0 Å². The third kappa shape index (κ3) is 2.95. The summed E-state index contributed by atoms with van der Waals surface area (Å²) in [6.45, 7) is -0.0285. The van der Waals surface area contributed by atoms with E-state index in [1.165, 1.54) is 0 Å². The largest absolute Gasteiger partial charge is 0.465 e. The van der Waals surface area contributed by atoms with E-state index in [1.807, 2.05) is 0 Å². The molecule has 1 aromatic rings. The van der Waals surface area contributed by atoms with Gasteiger partial charge in [0.15, 0.2) is 0 Å². The molecule has 0 fully saturated rings. The van der Waals surface area contributed by atoms with Crippen LogP contribution >= 0.6 is 0 Å². The molecule has 0 aromatic heterocycles. The average Bonchev–Trinajstić information content (AvgIpc) is 2.15. The van der Waals surface area contributed by atoms with E-state index >= 15 is 0 Å². The lowest BCUT2D eigenvalue weighted by Crippen LogP contribution is -2.26. The normalized spacial score (nSPS) is 12.1. The first kappa shape index (κ1) is 10.3. The number of rotatable bonds is 3.